The third kappa shape index (κ3) is 3.88. The van der Waals surface area contributed by atoms with Crippen molar-refractivity contribution >= 4 is 40.5 Å². The molecule has 1 saturated carbocycles. The van der Waals surface area contributed by atoms with Crippen molar-refractivity contribution in [3.63, 3.8) is 0 Å². The van der Waals surface area contributed by atoms with Crippen LogP contribution in [0.25, 0.3) is 11.2 Å². The van der Waals surface area contributed by atoms with Gasteiger partial charge in [0.2, 0.25) is 11.2 Å². The summed E-state index contributed by atoms with van der Waals surface area (Å²) in [7, 11) is 0. The number of nitrogens with one attached hydrogen (secondary N) is 3. The number of carbonyl (C=O) groups excluding carboxylic acids is 1. The minimum atomic E-state index is -1.12. The van der Waals surface area contributed by atoms with Gasteiger partial charge in [0, 0.05) is 24.4 Å². The molecule has 1 aliphatic rings. The van der Waals surface area contributed by atoms with E-state index in [0.29, 0.717) is 22.7 Å². The van der Waals surface area contributed by atoms with Crippen LogP contribution in [0.5, 0.6) is 0 Å². The normalized spacial score (nSPS) is 14.8. The first-order valence-corrected chi connectivity index (χ1v) is 9.01. The molecule has 4 rings (SSSR count). The predicted molar refractivity (Wildman–Crippen MR) is 98.9 cm³/mol. The SMILES string of the molecule is O=C(CN(c1nc(Cl)nc2nc[nH]c12)C1CC1)N[C@@H](Cc1cnc[nH]1)C(=O)O. The highest BCUT2D eigenvalue weighted by molar-refractivity contribution is 6.28. The van der Waals surface area contributed by atoms with Crippen LogP contribution in [-0.4, -0.2) is 65.5 Å². The van der Waals surface area contributed by atoms with Crippen molar-refractivity contribution in [1.29, 1.82) is 0 Å². The number of rotatable bonds is 8. The summed E-state index contributed by atoms with van der Waals surface area (Å²) in [5, 5.41) is 12.0. The van der Waals surface area contributed by atoms with Gasteiger partial charge in [-0.15, -0.1) is 0 Å². The molecule has 4 N–H and O–H groups in total. The first-order chi connectivity index (χ1) is 13.5. The fraction of sp³-hybridized carbons (Fsp3) is 0.375. The van der Waals surface area contributed by atoms with E-state index in [-0.39, 0.29) is 24.3 Å². The number of fused-ring (bicyclic) bond motifs is 1. The van der Waals surface area contributed by atoms with Gasteiger partial charge in [0.15, 0.2) is 11.5 Å². The van der Waals surface area contributed by atoms with E-state index < -0.39 is 17.9 Å². The lowest BCUT2D eigenvalue weighted by molar-refractivity contribution is -0.141. The van der Waals surface area contributed by atoms with Gasteiger partial charge >= 0.3 is 5.97 Å². The molecule has 0 bridgehead atoms. The van der Waals surface area contributed by atoms with Gasteiger partial charge in [-0.25, -0.2) is 14.8 Å². The molecule has 0 spiro atoms. The van der Waals surface area contributed by atoms with E-state index in [9.17, 15) is 14.7 Å². The number of hydrogen-bond acceptors (Lipinski definition) is 7. The molecular weight excluding hydrogens is 388 g/mol. The Kier molecular flexibility index (Phi) is 4.82. The number of carbonyl (C=O) groups is 2. The van der Waals surface area contributed by atoms with Gasteiger partial charge in [-0.1, -0.05) is 0 Å². The Bertz CT molecular complexity index is 1000. The second-order valence-electron chi connectivity index (χ2n) is 6.52. The van der Waals surface area contributed by atoms with Crippen molar-refractivity contribution in [2.45, 2.75) is 31.3 Å². The van der Waals surface area contributed by atoms with Crippen LogP contribution in [0, 0.1) is 0 Å². The van der Waals surface area contributed by atoms with Crippen molar-refractivity contribution < 1.29 is 14.7 Å². The Morgan fingerprint density at radius 3 is 2.82 bits per heavy atom. The van der Waals surface area contributed by atoms with Gasteiger partial charge < -0.3 is 25.3 Å². The number of nitrogens with zero attached hydrogens (tertiary/aromatic N) is 5. The van der Waals surface area contributed by atoms with E-state index in [4.69, 9.17) is 11.6 Å². The summed E-state index contributed by atoms with van der Waals surface area (Å²) < 4.78 is 0. The van der Waals surface area contributed by atoms with Crippen LogP contribution in [0.3, 0.4) is 0 Å². The van der Waals surface area contributed by atoms with Crippen LogP contribution in [0.4, 0.5) is 5.82 Å². The molecule has 1 fully saturated rings. The fourth-order valence-electron chi connectivity index (χ4n) is 2.97. The maximum absolute atomic E-state index is 12.6. The monoisotopic (exact) mass is 404 g/mol. The minimum Gasteiger partial charge on any atom is -0.480 e. The second kappa shape index (κ2) is 7.43. The highest BCUT2D eigenvalue weighted by Gasteiger charge is 2.34. The average Bonchev–Trinajstić information content (AvgIpc) is 3.14. The summed E-state index contributed by atoms with van der Waals surface area (Å²) >= 11 is 6.00. The molecular formula is C16H17ClN8O3. The molecule has 0 radical (unpaired) electrons. The summed E-state index contributed by atoms with van der Waals surface area (Å²) in [6.45, 7) is -0.0567. The van der Waals surface area contributed by atoms with Crippen LogP contribution in [-0.2, 0) is 16.0 Å². The fourth-order valence-corrected chi connectivity index (χ4v) is 3.13. The van der Waals surface area contributed by atoms with E-state index in [0.717, 1.165) is 12.8 Å². The van der Waals surface area contributed by atoms with Crippen molar-refractivity contribution in [2.24, 2.45) is 0 Å². The molecule has 12 heteroatoms. The number of aromatic amines is 2. The van der Waals surface area contributed by atoms with E-state index in [1.54, 1.807) is 4.90 Å². The Labute approximate surface area is 163 Å². The number of carboxylic acids is 1. The molecule has 3 heterocycles. The van der Waals surface area contributed by atoms with Gasteiger partial charge in [0.25, 0.3) is 0 Å². The average molecular weight is 405 g/mol. The molecule has 0 aliphatic heterocycles. The number of aromatic nitrogens is 6. The van der Waals surface area contributed by atoms with E-state index >= 15 is 0 Å². The van der Waals surface area contributed by atoms with Crippen molar-refractivity contribution in [1.82, 2.24) is 35.2 Å². The van der Waals surface area contributed by atoms with Gasteiger partial charge in [-0.2, -0.15) is 9.97 Å². The van der Waals surface area contributed by atoms with Crippen LogP contribution < -0.4 is 10.2 Å². The van der Waals surface area contributed by atoms with Gasteiger partial charge in [-0.05, 0) is 24.4 Å². The first kappa shape index (κ1) is 18.2. The van der Waals surface area contributed by atoms with Gasteiger partial charge in [-0.3, -0.25) is 4.79 Å². The number of imidazole rings is 2. The molecule has 0 saturated heterocycles. The minimum absolute atomic E-state index is 0.0308. The van der Waals surface area contributed by atoms with Crippen molar-refractivity contribution in [3.8, 4) is 0 Å². The quantitative estimate of drug-likeness (QED) is 0.396. The molecule has 28 heavy (non-hydrogen) atoms. The maximum atomic E-state index is 12.6. The number of H-pyrrole nitrogens is 2. The highest BCUT2D eigenvalue weighted by atomic mass is 35.5. The molecule has 3 aromatic rings. The van der Waals surface area contributed by atoms with Gasteiger partial charge in [0.05, 0.1) is 19.2 Å². The topological polar surface area (TPSA) is 153 Å². The maximum Gasteiger partial charge on any atom is 0.326 e. The van der Waals surface area contributed by atoms with Crippen molar-refractivity contribution in [3.05, 3.63) is 29.8 Å². The van der Waals surface area contributed by atoms with Crippen LogP contribution in [0.15, 0.2) is 18.9 Å². The standard InChI is InChI=1S/C16H17ClN8O3/c17-16-23-13-12(20-7-21-13)14(24-16)25(9-1-2-9)5-11(26)22-10(15(27)28)3-8-4-18-6-19-8/h4,6-7,9-10H,1-3,5H2,(H,18,19)(H,22,26)(H,27,28)(H,20,21,23,24)/t10-/m0/s1. The number of halogens is 1. The molecule has 1 aliphatic carbocycles. The Hall–Kier alpha value is -3.21. The zero-order valence-corrected chi connectivity index (χ0v) is 15.3. The Morgan fingerprint density at radius 1 is 1.32 bits per heavy atom. The zero-order chi connectivity index (χ0) is 19.7. The molecule has 3 aromatic heterocycles. The number of hydrogen-bond donors (Lipinski definition) is 4. The summed E-state index contributed by atoms with van der Waals surface area (Å²) in [4.78, 5) is 48.0. The number of carboxylic acid groups (broad SMARTS) is 1. The first-order valence-electron chi connectivity index (χ1n) is 8.64. The molecule has 1 amide bonds. The smallest absolute Gasteiger partial charge is 0.326 e. The van der Waals surface area contributed by atoms with Gasteiger partial charge in [0.1, 0.15) is 11.6 Å². The number of aliphatic carboxylic acids is 1. The Balaban J connectivity index is 1.52. The van der Waals surface area contributed by atoms with Crippen LogP contribution in [0.2, 0.25) is 5.28 Å². The summed E-state index contributed by atoms with van der Waals surface area (Å²) in [5.41, 5.74) is 1.61. The second-order valence-corrected chi connectivity index (χ2v) is 6.85. The lowest BCUT2D eigenvalue weighted by atomic mass is 10.1. The largest absolute Gasteiger partial charge is 0.480 e. The van der Waals surface area contributed by atoms with E-state index in [1.165, 1.54) is 18.9 Å². The van der Waals surface area contributed by atoms with E-state index in [2.05, 4.69) is 35.2 Å². The zero-order valence-electron chi connectivity index (χ0n) is 14.6. The number of amides is 1. The summed E-state index contributed by atoms with van der Waals surface area (Å²) in [6, 6.07) is -0.950. The number of anilines is 1. The lowest BCUT2D eigenvalue weighted by Gasteiger charge is -2.24. The molecule has 146 valence electrons. The third-order valence-corrected chi connectivity index (χ3v) is 4.59. The molecule has 0 unspecified atom stereocenters. The molecule has 1 atom stereocenters. The highest BCUT2D eigenvalue weighted by Crippen LogP contribution is 2.33. The van der Waals surface area contributed by atoms with Crippen molar-refractivity contribution in [2.75, 3.05) is 11.4 Å². The lowest BCUT2D eigenvalue weighted by Crippen LogP contribution is -2.47. The molecule has 0 aromatic carbocycles. The summed E-state index contributed by atoms with van der Waals surface area (Å²) in [6.07, 6.45) is 6.38. The van der Waals surface area contributed by atoms with E-state index in [1.807, 2.05) is 0 Å². The molecule has 11 nitrogen and oxygen atoms in total. The Morgan fingerprint density at radius 2 is 2.14 bits per heavy atom. The van der Waals surface area contributed by atoms with Crippen LogP contribution >= 0.6 is 11.6 Å². The third-order valence-electron chi connectivity index (χ3n) is 4.43. The van der Waals surface area contributed by atoms with Crippen LogP contribution in [0.1, 0.15) is 18.5 Å². The summed E-state index contributed by atoms with van der Waals surface area (Å²) in [5.74, 6) is -1.08. The predicted octanol–water partition coefficient (Wildman–Crippen LogP) is 0.510.